The third kappa shape index (κ3) is 2.78. The highest BCUT2D eigenvalue weighted by atomic mass is 15.3. The van der Waals surface area contributed by atoms with Crippen LogP contribution in [0.3, 0.4) is 0 Å². The Labute approximate surface area is 101 Å². The van der Waals surface area contributed by atoms with E-state index in [1.54, 1.807) is 0 Å². The minimum Gasteiger partial charge on any atom is -0.314 e. The molecule has 0 bridgehead atoms. The Balaban J connectivity index is 1.99. The van der Waals surface area contributed by atoms with Crippen LogP contribution in [0, 0.1) is 5.92 Å². The Hall–Kier alpha value is -0.0800. The van der Waals surface area contributed by atoms with Crippen molar-refractivity contribution in [2.75, 3.05) is 19.6 Å². The van der Waals surface area contributed by atoms with E-state index in [1.807, 2.05) is 0 Å². The Kier molecular flexibility index (Phi) is 3.91. The molecule has 0 aromatic rings. The van der Waals surface area contributed by atoms with Crippen LogP contribution in [-0.4, -0.2) is 36.1 Å². The minimum atomic E-state index is 0.358. The van der Waals surface area contributed by atoms with E-state index in [0.29, 0.717) is 5.54 Å². The van der Waals surface area contributed by atoms with Gasteiger partial charge in [-0.15, -0.1) is 0 Å². The molecule has 2 rings (SSSR count). The summed E-state index contributed by atoms with van der Waals surface area (Å²) in [5.74, 6) is 0.955. The summed E-state index contributed by atoms with van der Waals surface area (Å²) in [6.45, 7) is 10.8. The lowest BCUT2D eigenvalue weighted by molar-refractivity contribution is 0.0377. The van der Waals surface area contributed by atoms with Crippen LogP contribution in [0.5, 0.6) is 0 Å². The molecule has 1 aliphatic carbocycles. The van der Waals surface area contributed by atoms with Gasteiger partial charge in [-0.2, -0.15) is 0 Å². The van der Waals surface area contributed by atoms with E-state index >= 15 is 0 Å². The van der Waals surface area contributed by atoms with E-state index in [-0.39, 0.29) is 0 Å². The summed E-state index contributed by atoms with van der Waals surface area (Å²) in [7, 11) is 0. The van der Waals surface area contributed by atoms with Crippen molar-refractivity contribution in [2.45, 2.75) is 64.5 Å². The van der Waals surface area contributed by atoms with Crippen molar-refractivity contribution in [3.63, 3.8) is 0 Å². The molecule has 1 saturated carbocycles. The van der Waals surface area contributed by atoms with E-state index in [1.165, 1.54) is 45.2 Å². The highest BCUT2D eigenvalue weighted by molar-refractivity contribution is 4.92. The van der Waals surface area contributed by atoms with E-state index in [9.17, 15) is 0 Å². The number of nitrogens with zero attached hydrogens (tertiary/aromatic N) is 1. The molecule has 16 heavy (non-hydrogen) atoms. The van der Waals surface area contributed by atoms with Gasteiger partial charge in [-0.3, -0.25) is 4.90 Å². The summed E-state index contributed by atoms with van der Waals surface area (Å²) in [4.78, 5) is 2.78. The SMILES string of the molecule is CC1CCCC(N2CCNCC2(C)C)CC1. The third-order valence-electron chi connectivity index (χ3n) is 4.53. The van der Waals surface area contributed by atoms with Gasteiger partial charge < -0.3 is 5.32 Å². The lowest BCUT2D eigenvalue weighted by Gasteiger charge is -2.47. The second kappa shape index (κ2) is 5.05. The van der Waals surface area contributed by atoms with Crippen LogP contribution in [0.25, 0.3) is 0 Å². The number of nitrogens with one attached hydrogen (secondary N) is 1. The van der Waals surface area contributed by atoms with Gasteiger partial charge in [0.2, 0.25) is 0 Å². The Morgan fingerprint density at radius 1 is 1.12 bits per heavy atom. The summed E-state index contributed by atoms with van der Waals surface area (Å²) < 4.78 is 0. The van der Waals surface area contributed by atoms with Crippen LogP contribution in [0.4, 0.5) is 0 Å². The smallest absolute Gasteiger partial charge is 0.0281 e. The van der Waals surface area contributed by atoms with E-state index in [2.05, 4.69) is 31.0 Å². The van der Waals surface area contributed by atoms with E-state index in [4.69, 9.17) is 0 Å². The molecule has 2 atom stereocenters. The summed E-state index contributed by atoms with van der Waals surface area (Å²) >= 11 is 0. The number of hydrogen-bond donors (Lipinski definition) is 1. The molecule has 0 amide bonds. The van der Waals surface area contributed by atoms with Crippen LogP contribution >= 0.6 is 0 Å². The van der Waals surface area contributed by atoms with Crippen molar-refractivity contribution >= 4 is 0 Å². The molecule has 0 spiro atoms. The molecule has 0 radical (unpaired) electrons. The predicted octanol–water partition coefficient (Wildman–Crippen LogP) is 2.64. The van der Waals surface area contributed by atoms with Crippen molar-refractivity contribution in [3.8, 4) is 0 Å². The van der Waals surface area contributed by atoms with E-state index in [0.717, 1.165) is 18.5 Å². The molecule has 2 aliphatic rings. The van der Waals surface area contributed by atoms with Gasteiger partial charge in [0, 0.05) is 31.2 Å². The Morgan fingerprint density at radius 3 is 2.69 bits per heavy atom. The minimum absolute atomic E-state index is 0.358. The molecule has 2 nitrogen and oxygen atoms in total. The monoisotopic (exact) mass is 224 g/mol. The molecule has 2 fully saturated rings. The number of piperazine rings is 1. The summed E-state index contributed by atoms with van der Waals surface area (Å²) in [5.41, 5.74) is 0.358. The zero-order valence-electron chi connectivity index (χ0n) is 11.3. The average molecular weight is 224 g/mol. The zero-order valence-corrected chi connectivity index (χ0v) is 11.3. The van der Waals surface area contributed by atoms with Gasteiger partial charge in [0.05, 0.1) is 0 Å². The summed E-state index contributed by atoms with van der Waals surface area (Å²) in [5, 5.41) is 3.53. The topological polar surface area (TPSA) is 15.3 Å². The van der Waals surface area contributed by atoms with Gasteiger partial charge in [0.1, 0.15) is 0 Å². The van der Waals surface area contributed by atoms with Crippen molar-refractivity contribution in [2.24, 2.45) is 5.92 Å². The van der Waals surface area contributed by atoms with Crippen LogP contribution in [0.15, 0.2) is 0 Å². The first-order valence-corrected chi connectivity index (χ1v) is 7.07. The van der Waals surface area contributed by atoms with Crippen LogP contribution in [0.1, 0.15) is 52.9 Å². The van der Waals surface area contributed by atoms with Crippen LogP contribution < -0.4 is 5.32 Å². The standard InChI is InChI=1S/C14H28N2/c1-12-5-4-6-13(8-7-12)16-10-9-15-11-14(16,2)3/h12-13,15H,4-11H2,1-3H3. The second-order valence-electron chi connectivity index (χ2n) is 6.45. The van der Waals surface area contributed by atoms with Gasteiger partial charge in [0.25, 0.3) is 0 Å². The predicted molar refractivity (Wildman–Crippen MR) is 69.7 cm³/mol. The maximum Gasteiger partial charge on any atom is 0.0281 e. The molecule has 2 heteroatoms. The first-order valence-electron chi connectivity index (χ1n) is 7.07. The van der Waals surface area contributed by atoms with Crippen molar-refractivity contribution in [1.82, 2.24) is 10.2 Å². The summed E-state index contributed by atoms with van der Waals surface area (Å²) in [6.07, 6.45) is 7.16. The molecule has 2 unspecified atom stereocenters. The molecule has 0 aromatic carbocycles. The fourth-order valence-electron chi connectivity index (χ4n) is 3.45. The lowest BCUT2D eigenvalue weighted by Crippen LogP contribution is -2.61. The fourth-order valence-corrected chi connectivity index (χ4v) is 3.45. The van der Waals surface area contributed by atoms with Crippen LogP contribution in [-0.2, 0) is 0 Å². The fraction of sp³-hybridized carbons (Fsp3) is 1.00. The second-order valence-corrected chi connectivity index (χ2v) is 6.45. The maximum atomic E-state index is 3.53. The first kappa shape index (κ1) is 12.4. The van der Waals surface area contributed by atoms with Crippen LogP contribution in [0.2, 0.25) is 0 Å². The summed E-state index contributed by atoms with van der Waals surface area (Å²) in [6, 6.07) is 0.849. The van der Waals surface area contributed by atoms with Crippen molar-refractivity contribution in [1.29, 1.82) is 0 Å². The number of rotatable bonds is 1. The van der Waals surface area contributed by atoms with Gasteiger partial charge in [-0.25, -0.2) is 0 Å². The normalized spacial score (nSPS) is 36.9. The highest BCUT2D eigenvalue weighted by Crippen LogP contribution is 2.30. The average Bonchev–Trinajstić information content (AvgIpc) is 2.43. The quantitative estimate of drug-likeness (QED) is 0.689. The van der Waals surface area contributed by atoms with Gasteiger partial charge >= 0.3 is 0 Å². The molecule has 0 aromatic heterocycles. The molecule has 1 heterocycles. The Morgan fingerprint density at radius 2 is 1.94 bits per heavy atom. The highest BCUT2D eigenvalue weighted by Gasteiger charge is 2.34. The largest absolute Gasteiger partial charge is 0.314 e. The van der Waals surface area contributed by atoms with Crippen molar-refractivity contribution in [3.05, 3.63) is 0 Å². The van der Waals surface area contributed by atoms with Gasteiger partial charge in [-0.1, -0.05) is 19.8 Å². The zero-order chi connectivity index (χ0) is 11.6. The molecule has 1 aliphatic heterocycles. The molecule has 1 N–H and O–H groups in total. The molecular weight excluding hydrogens is 196 g/mol. The first-order chi connectivity index (χ1) is 7.59. The molecule has 94 valence electrons. The maximum absolute atomic E-state index is 3.53. The van der Waals surface area contributed by atoms with Gasteiger partial charge in [0.15, 0.2) is 0 Å². The van der Waals surface area contributed by atoms with Crippen molar-refractivity contribution < 1.29 is 0 Å². The lowest BCUT2D eigenvalue weighted by atomic mass is 9.94. The molecule has 1 saturated heterocycles. The third-order valence-corrected chi connectivity index (χ3v) is 4.53. The van der Waals surface area contributed by atoms with E-state index < -0.39 is 0 Å². The van der Waals surface area contributed by atoms with Gasteiger partial charge in [-0.05, 0) is 39.0 Å². The number of hydrogen-bond acceptors (Lipinski definition) is 2. The Bertz CT molecular complexity index is 225. The molecular formula is C14H28N2.